The van der Waals surface area contributed by atoms with Crippen LogP contribution in [-0.4, -0.2) is 17.0 Å². The molecule has 2 N–H and O–H groups in total. The summed E-state index contributed by atoms with van der Waals surface area (Å²) in [7, 11) is 0. The van der Waals surface area contributed by atoms with Gasteiger partial charge in [0.1, 0.15) is 0 Å². The normalized spacial score (nSPS) is 10.2. The molecule has 6 heteroatoms. The second kappa shape index (κ2) is 6.28. The molecular formula is C15H11BrClNO3. The maximum atomic E-state index is 12.1. The van der Waals surface area contributed by atoms with Crippen LogP contribution in [-0.2, 0) is 0 Å². The summed E-state index contributed by atoms with van der Waals surface area (Å²) in [6, 6.07) is 9.53. The number of nitrogens with one attached hydrogen (secondary N) is 1. The number of anilines is 1. The van der Waals surface area contributed by atoms with Gasteiger partial charge in [-0.2, -0.15) is 0 Å². The minimum atomic E-state index is -1.14. The number of aromatic carboxylic acids is 1. The molecule has 0 spiro atoms. The third kappa shape index (κ3) is 3.62. The van der Waals surface area contributed by atoms with E-state index in [-0.39, 0.29) is 16.5 Å². The van der Waals surface area contributed by atoms with Crippen LogP contribution in [0.2, 0.25) is 5.02 Å². The Balaban J connectivity index is 2.25. The summed E-state index contributed by atoms with van der Waals surface area (Å²) in [6.45, 7) is 1.88. The Bertz CT molecular complexity index is 731. The van der Waals surface area contributed by atoms with E-state index < -0.39 is 5.97 Å². The fourth-order valence-electron chi connectivity index (χ4n) is 1.76. The zero-order valence-electron chi connectivity index (χ0n) is 11.0. The van der Waals surface area contributed by atoms with Crippen molar-refractivity contribution >= 4 is 45.1 Å². The van der Waals surface area contributed by atoms with Crippen LogP contribution >= 0.6 is 27.5 Å². The maximum Gasteiger partial charge on any atom is 0.337 e. The van der Waals surface area contributed by atoms with Gasteiger partial charge >= 0.3 is 5.97 Å². The first-order chi connectivity index (χ1) is 9.88. The minimum absolute atomic E-state index is 0.0542. The lowest BCUT2D eigenvalue weighted by Gasteiger charge is -2.08. The van der Waals surface area contributed by atoms with E-state index in [0.717, 1.165) is 10.0 Å². The molecule has 0 radical (unpaired) electrons. The van der Waals surface area contributed by atoms with Gasteiger partial charge < -0.3 is 10.4 Å². The summed E-state index contributed by atoms with van der Waals surface area (Å²) in [5.74, 6) is -1.46. The van der Waals surface area contributed by atoms with Crippen molar-refractivity contribution in [2.24, 2.45) is 0 Å². The first kappa shape index (κ1) is 15.5. The van der Waals surface area contributed by atoms with Gasteiger partial charge in [-0.3, -0.25) is 4.79 Å². The zero-order valence-corrected chi connectivity index (χ0v) is 13.3. The molecule has 0 aromatic heterocycles. The average Bonchev–Trinajstić information content (AvgIpc) is 2.43. The van der Waals surface area contributed by atoms with Crippen molar-refractivity contribution in [1.82, 2.24) is 0 Å². The summed E-state index contributed by atoms with van der Waals surface area (Å²) in [5, 5.41) is 11.8. The summed E-state index contributed by atoms with van der Waals surface area (Å²) < 4.78 is 0.915. The molecule has 0 fully saturated rings. The third-order valence-corrected chi connectivity index (χ3v) is 4.09. The number of rotatable bonds is 3. The van der Waals surface area contributed by atoms with E-state index in [2.05, 4.69) is 21.2 Å². The van der Waals surface area contributed by atoms with Crippen molar-refractivity contribution in [2.75, 3.05) is 5.32 Å². The van der Waals surface area contributed by atoms with Crippen LogP contribution in [0.5, 0.6) is 0 Å². The Morgan fingerprint density at radius 1 is 1.19 bits per heavy atom. The van der Waals surface area contributed by atoms with E-state index in [1.54, 1.807) is 24.3 Å². The highest BCUT2D eigenvalue weighted by Gasteiger charge is 2.12. The molecule has 0 aliphatic heterocycles. The maximum absolute atomic E-state index is 12.1. The van der Waals surface area contributed by atoms with Gasteiger partial charge in [-0.25, -0.2) is 4.79 Å². The van der Waals surface area contributed by atoms with Crippen molar-refractivity contribution in [2.45, 2.75) is 6.92 Å². The standard InChI is InChI=1S/C15H11BrClNO3/c1-8-6-9(2-4-12(8)16)14(19)18-10-3-5-13(17)11(7-10)15(20)21/h2-7H,1H3,(H,18,19)(H,20,21). The highest BCUT2D eigenvalue weighted by atomic mass is 79.9. The SMILES string of the molecule is Cc1cc(C(=O)Nc2ccc(Cl)c(C(=O)O)c2)ccc1Br. The highest BCUT2D eigenvalue weighted by molar-refractivity contribution is 9.10. The number of halogens is 2. The topological polar surface area (TPSA) is 66.4 Å². The number of carbonyl (C=O) groups excluding carboxylic acids is 1. The Kier molecular flexibility index (Phi) is 4.65. The molecule has 4 nitrogen and oxygen atoms in total. The number of hydrogen-bond donors (Lipinski definition) is 2. The molecule has 0 heterocycles. The van der Waals surface area contributed by atoms with Gasteiger partial charge in [0.05, 0.1) is 10.6 Å². The van der Waals surface area contributed by atoms with Gasteiger partial charge in [-0.05, 0) is 48.9 Å². The number of aryl methyl sites for hydroxylation is 1. The molecule has 108 valence electrons. The van der Waals surface area contributed by atoms with Gasteiger partial charge in [0.25, 0.3) is 5.91 Å². The van der Waals surface area contributed by atoms with Crippen LogP contribution in [0, 0.1) is 6.92 Å². The number of carboxylic acids is 1. The second-order valence-electron chi connectivity index (χ2n) is 4.42. The van der Waals surface area contributed by atoms with Crippen LogP contribution < -0.4 is 5.32 Å². The second-order valence-corrected chi connectivity index (χ2v) is 5.68. The molecule has 0 unspecified atom stereocenters. The van der Waals surface area contributed by atoms with Crippen molar-refractivity contribution in [3.63, 3.8) is 0 Å². The Morgan fingerprint density at radius 2 is 1.90 bits per heavy atom. The number of carboxylic acid groups (broad SMARTS) is 1. The lowest BCUT2D eigenvalue weighted by molar-refractivity contribution is 0.0696. The van der Waals surface area contributed by atoms with E-state index in [1.807, 2.05) is 6.92 Å². The molecule has 0 aliphatic rings. The van der Waals surface area contributed by atoms with E-state index >= 15 is 0 Å². The number of benzene rings is 2. The lowest BCUT2D eigenvalue weighted by atomic mass is 10.1. The first-order valence-electron chi connectivity index (χ1n) is 5.99. The molecule has 2 aromatic rings. The lowest BCUT2D eigenvalue weighted by Crippen LogP contribution is -2.12. The van der Waals surface area contributed by atoms with Gasteiger partial charge in [0.15, 0.2) is 0 Å². The summed E-state index contributed by atoms with van der Waals surface area (Å²) in [5.41, 5.74) is 1.75. The van der Waals surface area contributed by atoms with E-state index in [0.29, 0.717) is 11.3 Å². The average molecular weight is 369 g/mol. The Hall–Kier alpha value is -1.85. The van der Waals surface area contributed by atoms with Crippen LogP contribution in [0.1, 0.15) is 26.3 Å². The number of hydrogen-bond acceptors (Lipinski definition) is 2. The van der Waals surface area contributed by atoms with E-state index in [1.165, 1.54) is 12.1 Å². The number of amides is 1. The molecule has 2 aromatic carbocycles. The predicted molar refractivity (Wildman–Crippen MR) is 85.2 cm³/mol. The minimum Gasteiger partial charge on any atom is -0.478 e. The van der Waals surface area contributed by atoms with Gasteiger partial charge in [0, 0.05) is 15.7 Å². The largest absolute Gasteiger partial charge is 0.478 e. The van der Waals surface area contributed by atoms with Crippen LogP contribution in [0.15, 0.2) is 40.9 Å². The van der Waals surface area contributed by atoms with Crippen LogP contribution in [0.25, 0.3) is 0 Å². The molecule has 2 rings (SSSR count). The van der Waals surface area contributed by atoms with Crippen LogP contribution in [0.3, 0.4) is 0 Å². The molecule has 0 aliphatic carbocycles. The van der Waals surface area contributed by atoms with Crippen LogP contribution in [0.4, 0.5) is 5.69 Å². The fourth-order valence-corrected chi connectivity index (χ4v) is 2.20. The summed E-state index contributed by atoms with van der Waals surface area (Å²) in [4.78, 5) is 23.1. The van der Waals surface area contributed by atoms with Crippen molar-refractivity contribution in [1.29, 1.82) is 0 Å². The third-order valence-electron chi connectivity index (χ3n) is 2.87. The van der Waals surface area contributed by atoms with Crippen molar-refractivity contribution in [3.8, 4) is 0 Å². The highest BCUT2D eigenvalue weighted by Crippen LogP contribution is 2.22. The Morgan fingerprint density at radius 3 is 2.52 bits per heavy atom. The Labute approximate surface area is 134 Å². The molecular weight excluding hydrogens is 358 g/mol. The summed E-state index contributed by atoms with van der Waals surface area (Å²) in [6.07, 6.45) is 0. The first-order valence-corrected chi connectivity index (χ1v) is 7.16. The molecule has 0 atom stereocenters. The molecule has 1 amide bonds. The fraction of sp³-hybridized carbons (Fsp3) is 0.0667. The number of carbonyl (C=O) groups is 2. The van der Waals surface area contributed by atoms with Gasteiger partial charge in [-0.1, -0.05) is 27.5 Å². The predicted octanol–water partition coefficient (Wildman–Crippen LogP) is 4.36. The van der Waals surface area contributed by atoms with Crippen molar-refractivity contribution < 1.29 is 14.7 Å². The molecule has 0 saturated carbocycles. The van der Waals surface area contributed by atoms with E-state index in [9.17, 15) is 9.59 Å². The van der Waals surface area contributed by atoms with Gasteiger partial charge in [0.2, 0.25) is 0 Å². The molecule has 21 heavy (non-hydrogen) atoms. The molecule has 0 bridgehead atoms. The monoisotopic (exact) mass is 367 g/mol. The van der Waals surface area contributed by atoms with Crippen molar-refractivity contribution in [3.05, 3.63) is 62.6 Å². The van der Waals surface area contributed by atoms with E-state index in [4.69, 9.17) is 16.7 Å². The molecule has 0 saturated heterocycles. The summed E-state index contributed by atoms with van der Waals surface area (Å²) >= 11 is 9.15. The van der Waals surface area contributed by atoms with Gasteiger partial charge in [-0.15, -0.1) is 0 Å². The smallest absolute Gasteiger partial charge is 0.337 e. The quantitative estimate of drug-likeness (QED) is 0.846. The zero-order chi connectivity index (χ0) is 15.6.